The van der Waals surface area contributed by atoms with Gasteiger partial charge in [0.05, 0.1) is 33.4 Å². The van der Waals surface area contributed by atoms with Crippen LogP contribution in [0.3, 0.4) is 0 Å². The Morgan fingerprint density at radius 1 is 0.814 bits per heavy atom. The molecule has 0 atom stereocenters. The summed E-state index contributed by atoms with van der Waals surface area (Å²) in [5.74, 6) is 2.38. The Bertz CT molecular complexity index is 2430. The summed E-state index contributed by atoms with van der Waals surface area (Å²) in [5, 5.41) is 23.3. The minimum absolute atomic E-state index is 0.00325. The van der Waals surface area contributed by atoms with E-state index in [0.29, 0.717) is 65.0 Å². The summed E-state index contributed by atoms with van der Waals surface area (Å²) in [4.78, 5) is 19.4. The SMILES string of the molecule is COc1ccc(CN(Cc2ccc(OC)cc2)S(=O)(=O)c2c(SC3CCN(C(=O)O)CC3)ccc(-c3ccc(N)nc3)c2-c2nnn(Cc3ccc(OC)cc3)n2)cc1. The van der Waals surface area contributed by atoms with Crippen molar-refractivity contribution in [2.24, 2.45) is 0 Å². The van der Waals surface area contributed by atoms with E-state index in [9.17, 15) is 9.90 Å². The van der Waals surface area contributed by atoms with Crippen molar-refractivity contribution in [3.63, 3.8) is 0 Å². The van der Waals surface area contributed by atoms with Gasteiger partial charge < -0.3 is 30.0 Å². The summed E-state index contributed by atoms with van der Waals surface area (Å²) in [6.07, 6.45) is 1.69. The lowest BCUT2D eigenvalue weighted by atomic mass is 10.0. The molecular weight excluding hydrogens is 793 g/mol. The van der Waals surface area contributed by atoms with Gasteiger partial charge in [0.15, 0.2) is 0 Å². The number of tetrazole rings is 1. The third-order valence-electron chi connectivity index (χ3n) is 10.0. The molecule has 0 aliphatic carbocycles. The molecule has 6 aromatic rings. The molecule has 15 nitrogen and oxygen atoms in total. The number of rotatable bonds is 15. The van der Waals surface area contributed by atoms with Crippen LogP contribution in [0.1, 0.15) is 29.5 Å². The van der Waals surface area contributed by atoms with Gasteiger partial charge in [0.2, 0.25) is 15.8 Å². The highest BCUT2D eigenvalue weighted by molar-refractivity contribution is 8.00. The number of carbonyl (C=O) groups is 1. The van der Waals surface area contributed by atoms with Crippen LogP contribution in [0.4, 0.5) is 10.6 Å². The maximum atomic E-state index is 15.8. The van der Waals surface area contributed by atoms with E-state index in [-0.39, 0.29) is 41.2 Å². The Hall–Kier alpha value is -6.17. The van der Waals surface area contributed by atoms with E-state index in [2.05, 4.69) is 15.3 Å². The number of aromatic nitrogens is 5. The fourth-order valence-electron chi connectivity index (χ4n) is 6.81. The summed E-state index contributed by atoms with van der Waals surface area (Å²) < 4.78 is 49.2. The first-order valence-corrected chi connectivity index (χ1v) is 21.1. The molecule has 1 saturated heterocycles. The summed E-state index contributed by atoms with van der Waals surface area (Å²) in [5.41, 5.74) is 9.73. The molecule has 306 valence electrons. The average molecular weight is 837 g/mol. The molecule has 1 aliphatic heterocycles. The summed E-state index contributed by atoms with van der Waals surface area (Å²) >= 11 is 1.41. The molecule has 0 saturated carbocycles. The van der Waals surface area contributed by atoms with E-state index in [4.69, 9.17) is 25.0 Å². The van der Waals surface area contributed by atoms with Crippen molar-refractivity contribution < 1.29 is 32.5 Å². The number of methoxy groups -OCH3 is 3. The Morgan fingerprint density at radius 2 is 1.37 bits per heavy atom. The molecule has 7 rings (SSSR count). The fraction of sp³-hybridized carbons (Fsp3) is 0.262. The van der Waals surface area contributed by atoms with Crippen LogP contribution < -0.4 is 19.9 Å². The van der Waals surface area contributed by atoms with Crippen molar-refractivity contribution in [1.29, 1.82) is 0 Å². The van der Waals surface area contributed by atoms with Gasteiger partial charge in [0.1, 0.15) is 28.0 Å². The number of hydrogen-bond donors (Lipinski definition) is 2. The van der Waals surface area contributed by atoms with Gasteiger partial charge in [0, 0.05) is 48.1 Å². The van der Waals surface area contributed by atoms with Crippen LogP contribution in [-0.4, -0.2) is 93.7 Å². The summed E-state index contributed by atoms with van der Waals surface area (Å²) in [7, 11) is 0.310. The zero-order valence-electron chi connectivity index (χ0n) is 32.8. The van der Waals surface area contributed by atoms with Crippen LogP contribution >= 0.6 is 11.8 Å². The number of pyridine rings is 1. The average Bonchev–Trinajstić information content (AvgIpc) is 3.72. The standard InChI is InChI=1S/C42H44N8O7S2/c1-55-32-11-4-28(5-12-32)25-49(26-29-6-13-33(56-2)14-7-29)59(53,54)40-37(58-35-20-22-48(23-21-35)42(51)52)18-17-36(31-10-19-38(43)44-24-31)39(40)41-45-47-50(46-41)27-30-8-15-34(57-3)16-9-30/h4-19,24,35H,20-23,25-27H2,1-3H3,(H2,43,44)(H,51,52). The zero-order valence-corrected chi connectivity index (χ0v) is 34.4. The Balaban J connectivity index is 1.41. The van der Waals surface area contributed by atoms with Crippen LogP contribution in [0.25, 0.3) is 22.5 Å². The molecule has 2 aromatic heterocycles. The molecule has 0 radical (unpaired) electrons. The number of amides is 1. The van der Waals surface area contributed by atoms with Crippen molar-refractivity contribution in [3.8, 4) is 39.8 Å². The number of carboxylic acid groups (broad SMARTS) is 1. The minimum atomic E-state index is -4.44. The van der Waals surface area contributed by atoms with Crippen LogP contribution in [-0.2, 0) is 29.7 Å². The molecule has 1 aliphatic rings. The quantitative estimate of drug-likeness (QED) is 0.112. The number of hydrogen-bond acceptors (Lipinski definition) is 12. The number of piperidine rings is 1. The first kappa shape index (κ1) is 41.0. The highest BCUT2D eigenvalue weighted by Gasteiger charge is 2.36. The van der Waals surface area contributed by atoms with E-state index >= 15 is 8.42 Å². The molecule has 59 heavy (non-hydrogen) atoms. The number of anilines is 1. The largest absolute Gasteiger partial charge is 0.497 e. The molecule has 17 heteroatoms. The number of sulfonamides is 1. The van der Waals surface area contributed by atoms with Gasteiger partial charge in [-0.25, -0.2) is 18.2 Å². The Labute approximate surface area is 346 Å². The van der Waals surface area contributed by atoms with E-state index in [1.807, 2.05) is 54.6 Å². The normalized spacial score (nSPS) is 13.4. The number of nitrogens with zero attached hydrogens (tertiary/aromatic N) is 7. The number of benzene rings is 4. The number of nitrogens with two attached hydrogens (primary N) is 1. The van der Waals surface area contributed by atoms with Gasteiger partial charge in [-0.15, -0.1) is 22.0 Å². The molecular formula is C42H44N8O7S2. The molecule has 3 heterocycles. The minimum Gasteiger partial charge on any atom is -0.497 e. The third-order valence-corrected chi connectivity index (χ3v) is 13.4. The molecule has 1 amide bonds. The number of thioether (sulfide) groups is 1. The molecule has 0 spiro atoms. The molecule has 1 fully saturated rings. The monoisotopic (exact) mass is 836 g/mol. The molecule has 0 unspecified atom stereocenters. The van der Waals surface area contributed by atoms with Crippen molar-refractivity contribution in [2.75, 3.05) is 40.2 Å². The van der Waals surface area contributed by atoms with Crippen LogP contribution in [0.15, 0.2) is 113 Å². The van der Waals surface area contributed by atoms with E-state index in [0.717, 1.165) is 16.7 Å². The van der Waals surface area contributed by atoms with Gasteiger partial charge >= 0.3 is 6.09 Å². The number of nitrogen functional groups attached to an aromatic ring is 1. The van der Waals surface area contributed by atoms with Gasteiger partial charge in [-0.05, 0) is 94.9 Å². The van der Waals surface area contributed by atoms with E-state index < -0.39 is 16.1 Å². The number of ether oxygens (including phenoxy) is 3. The van der Waals surface area contributed by atoms with Gasteiger partial charge in [-0.1, -0.05) is 42.5 Å². The van der Waals surface area contributed by atoms with Crippen LogP contribution in [0.2, 0.25) is 0 Å². The second-order valence-corrected chi connectivity index (χ2v) is 17.1. The first-order chi connectivity index (χ1) is 28.5. The Kier molecular flexibility index (Phi) is 12.6. The summed E-state index contributed by atoms with van der Waals surface area (Å²) in [6.45, 7) is 0.961. The van der Waals surface area contributed by atoms with Gasteiger partial charge in [-0.3, -0.25) is 0 Å². The lowest BCUT2D eigenvalue weighted by molar-refractivity contribution is 0.136. The van der Waals surface area contributed by atoms with Crippen molar-refractivity contribution in [1.82, 2.24) is 34.4 Å². The molecule has 4 aromatic carbocycles. The first-order valence-electron chi connectivity index (χ1n) is 18.7. The third kappa shape index (κ3) is 9.59. The second-order valence-electron chi connectivity index (χ2n) is 13.8. The highest BCUT2D eigenvalue weighted by Crippen LogP contribution is 2.45. The topological polar surface area (TPSA) is 188 Å². The van der Waals surface area contributed by atoms with Crippen molar-refractivity contribution in [3.05, 3.63) is 120 Å². The molecule has 0 bridgehead atoms. The predicted octanol–water partition coefficient (Wildman–Crippen LogP) is 6.68. The van der Waals surface area contributed by atoms with E-state index in [1.165, 1.54) is 25.8 Å². The van der Waals surface area contributed by atoms with Crippen LogP contribution in [0, 0.1) is 0 Å². The van der Waals surface area contributed by atoms with Crippen LogP contribution in [0.5, 0.6) is 17.2 Å². The summed E-state index contributed by atoms with van der Waals surface area (Å²) in [6, 6.07) is 29.1. The fourth-order valence-corrected chi connectivity index (χ4v) is 10.1. The van der Waals surface area contributed by atoms with Crippen molar-refractivity contribution in [2.45, 2.75) is 47.5 Å². The van der Waals surface area contributed by atoms with Crippen molar-refractivity contribution >= 4 is 33.7 Å². The van der Waals surface area contributed by atoms with E-state index in [1.54, 1.807) is 70.0 Å². The smallest absolute Gasteiger partial charge is 0.407 e. The lowest BCUT2D eigenvalue weighted by Crippen LogP contribution is -2.38. The lowest BCUT2D eigenvalue weighted by Gasteiger charge is -2.31. The molecule has 3 N–H and O–H groups in total. The van der Waals surface area contributed by atoms with Gasteiger partial charge in [-0.2, -0.15) is 9.10 Å². The maximum Gasteiger partial charge on any atom is 0.407 e. The van der Waals surface area contributed by atoms with Gasteiger partial charge in [0.25, 0.3) is 0 Å². The zero-order chi connectivity index (χ0) is 41.5. The highest BCUT2D eigenvalue weighted by atomic mass is 32.2. The predicted molar refractivity (Wildman–Crippen MR) is 224 cm³/mol. The maximum absolute atomic E-state index is 15.8. The number of likely N-dealkylation sites (tertiary alicyclic amines) is 1. The second kappa shape index (κ2) is 18.2. The Morgan fingerprint density at radius 3 is 1.88 bits per heavy atom.